The molecule has 102 valence electrons. The fraction of sp³-hybridized carbons (Fsp3) is 0.308. The first-order valence-corrected chi connectivity index (χ1v) is 5.87. The van der Waals surface area contributed by atoms with E-state index in [0.717, 1.165) is 0 Å². The highest BCUT2D eigenvalue weighted by atomic mass is 16.2. The number of amides is 3. The van der Waals surface area contributed by atoms with Crippen molar-refractivity contribution in [2.45, 2.75) is 6.92 Å². The molecule has 1 rings (SSSR count). The van der Waals surface area contributed by atoms with Crippen molar-refractivity contribution in [3.8, 4) is 0 Å². The van der Waals surface area contributed by atoms with Gasteiger partial charge in [0.05, 0.1) is 0 Å². The topological polar surface area (TPSA) is 78.5 Å². The molecule has 1 aromatic rings. The number of para-hydroxylation sites is 1. The fourth-order valence-electron chi connectivity index (χ4n) is 1.41. The Kier molecular flexibility index (Phi) is 5.53. The lowest BCUT2D eigenvalue weighted by molar-refractivity contribution is -0.137. The number of carbonyl (C=O) groups is 3. The van der Waals surface area contributed by atoms with E-state index in [-0.39, 0.29) is 12.5 Å². The van der Waals surface area contributed by atoms with E-state index in [4.69, 9.17) is 0 Å². The Morgan fingerprint density at radius 3 is 2.21 bits per heavy atom. The van der Waals surface area contributed by atoms with E-state index < -0.39 is 11.8 Å². The van der Waals surface area contributed by atoms with Crippen LogP contribution in [0.2, 0.25) is 0 Å². The van der Waals surface area contributed by atoms with Gasteiger partial charge in [-0.05, 0) is 12.1 Å². The molecule has 0 aliphatic heterocycles. The molecule has 1 aromatic carbocycles. The molecule has 2 N–H and O–H groups in total. The summed E-state index contributed by atoms with van der Waals surface area (Å²) in [6.07, 6.45) is 0. The van der Waals surface area contributed by atoms with Crippen LogP contribution in [0.25, 0.3) is 0 Å². The van der Waals surface area contributed by atoms with Crippen LogP contribution in [0.15, 0.2) is 30.3 Å². The summed E-state index contributed by atoms with van der Waals surface area (Å²) in [6.45, 7) is 1.90. The van der Waals surface area contributed by atoms with Crippen LogP contribution in [-0.4, -0.2) is 37.9 Å². The molecule has 0 saturated carbocycles. The second kappa shape index (κ2) is 7.15. The minimum atomic E-state index is -0.697. The highest BCUT2D eigenvalue weighted by Gasteiger charge is 2.18. The smallest absolute Gasteiger partial charge is 0.316 e. The molecular weight excluding hydrogens is 246 g/mol. The molecule has 0 aromatic heterocycles. The van der Waals surface area contributed by atoms with Gasteiger partial charge in [0.2, 0.25) is 5.91 Å². The first-order valence-electron chi connectivity index (χ1n) is 5.87. The van der Waals surface area contributed by atoms with E-state index in [1.165, 1.54) is 18.9 Å². The van der Waals surface area contributed by atoms with Gasteiger partial charge in [0.25, 0.3) is 0 Å². The molecule has 0 unspecified atom stereocenters. The maximum Gasteiger partial charge on any atom is 0.316 e. The fourth-order valence-corrected chi connectivity index (χ4v) is 1.41. The number of hydrogen-bond acceptors (Lipinski definition) is 3. The van der Waals surface area contributed by atoms with Gasteiger partial charge in [-0.2, -0.15) is 0 Å². The van der Waals surface area contributed by atoms with Crippen molar-refractivity contribution in [1.29, 1.82) is 0 Å². The number of hydrogen-bond donors (Lipinski definition) is 2. The summed E-state index contributed by atoms with van der Waals surface area (Å²) in [5, 5.41) is 4.97. The standard InChI is InChI=1S/C13H17N3O3/c1-10(17)14-8-9-15-12(18)13(19)16(2)11-6-4-3-5-7-11/h3-7H,8-9H2,1-2H3,(H,14,17)(H,15,18). The number of likely N-dealkylation sites (N-methyl/N-ethyl adjacent to an activating group) is 1. The first-order chi connectivity index (χ1) is 9.02. The molecule has 0 aliphatic carbocycles. The Hall–Kier alpha value is -2.37. The zero-order chi connectivity index (χ0) is 14.3. The van der Waals surface area contributed by atoms with Crippen LogP contribution in [0.5, 0.6) is 0 Å². The predicted octanol–water partition coefficient (Wildman–Crippen LogP) is -0.0983. The quantitative estimate of drug-likeness (QED) is 0.588. The normalized spacial score (nSPS) is 9.58. The molecule has 0 spiro atoms. The molecule has 19 heavy (non-hydrogen) atoms. The average Bonchev–Trinajstić information content (AvgIpc) is 2.42. The van der Waals surface area contributed by atoms with Gasteiger partial charge < -0.3 is 15.5 Å². The van der Waals surface area contributed by atoms with Gasteiger partial charge in [-0.3, -0.25) is 14.4 Å². The van der Waals surface area contributed by atoms with E-state index in [1.54, 1.807) is 24.3 Å². The van der Waals surface area contributed by atoms with Crippen LogP contribution in [-0.2, 0) is 14.4 Å². The zero-order valence-corrected chi connectivity index (χ0v) is 11.0. The van der Waals surface area contributed by atoms with E-state index in [2.05, 4.69) is 10.6 Å². The summed E-state index contributed by atoms with van der Waals surface area (Å²) in [5.41, 5.74) is 0.643. The summed E-state index contributed by atoms with van der Waals surface area (Å²) in [5.74, 6) is -1.52. The highest BCUT2D eigenvalue weighted by molar-refractivity contribution is 6.40. The minimum absolute atomic E-state index is 0.179. The number of rotatable bonds is 4. The molecule has 0 radical (unpaired) electrons. The molecule has 6 heteroatoms. The molecule has 0 fully saturated rings. The summed E-state index contributed by atoms with van der Waals surface area (Å²) >= 11 is 0. The van der Waals surface area contributed by atoms with Gasteiger partial charge in [-0.1, -0.05) is 18.2 Å². The van der Waals surface area contributed by atoms with Crippen molar-refractivity contribution in [2.75, 3.05) is 25.0 Å². The maximum atomic E-state index is 11.8. The van der Waals surface area contributed by atoms with Crippen molar-refractivity contribution in [2.24, 2.45) is 0 Å². The van der Waals surface area contributed by atoms with Crippen LogP contribution >= 0.6 is 0 Å². The molecule has 0 aliphatic rings. The van der Waals surface area contributed by atoms with Crippen molar-refractivity contribution < 1.29 is 14.4 Å². The van der Waals surface area contributed by atoms with E-state index in [0.29, 0.717) is 12.2 Å². The Morgan fingerprint density at radius 2 is 1.63 bits per heavy atom. The lowest BCUT2D eigenvalue weighted by atomic mass is 10.3. The molecule has 0 saturated heterocycles. The number of carbonyl (C=O) groups excluding carboxylic acids is 3. The van der Waals surface area contributed by atoms with Gasteiger partial charge in [-0.25, -0.2) is 0 Å². The second-order valence-electron chi connectivity index (χ2n) is 3.94. The van der Waals surface area contributed by atoms with Crippen molar-refractivity contribution >= 4 is 23.4 Å². The van der Waals surface area contributed by atoms with Crippen LogP contribution in [0.1, 0.15) is 6.92 Å². The summed E-state index contributed by atoms with van der Waals surface area (Å²) in [6, 6.07) is 8.88. The van der Waals surface area contributed by atoms with E-state index >= 15 is 0 Å². The van der Waals surface area contributed by atoms with Crippen LogP contribution in [0.4, 0.5) is 5.69 Å². The first kappa shape index (κ1) is 14.7. The van der Waals surface area contributed by atoms with Gasteiger partial charge >= 0.3 is 11.8 Å². The monoisotopic (exact) mass is 263 g/mol. The van der Waals surface area contributed by atoms with Gasteiger partial charge in [0.1, 0.15) is 0 Å². The summed E-state index contributed by atoms with van der Waals surface area (Å²) < 4.78 is 0. The summed E-state index contributed by atoms with van der Waals surface area (Å²) in [4.78, 5) is 35.3. The summed E-state index contributed by atoms with van der Waals surface area (Å²) in [7, 11) is 1.53. The van der Waals surface area contributed by atoms with Gasteiger partial charge in [-0.15, -0.1) is 0 Å². The zero-order valence-electron chi connectivity index (χ0n) is 11.0. The lowest BCUT2D eigenvalue weighted by Gasteiger charge is -2.16. The molecule has 0 atom stereocenters. The van der Waals surface area contributed by atoms with Crippen LogP contribution in [0.3, 0.4) is 0 Å². The highest BCUT2D eigenvalue weighted by Crippen LogP contribution is 2.10. The maximum absolute atomic E-state index is 11.8. The van der Waals surface area contributed by atoms with Gasteiger partial charge in [0, 0.05) is 32.7 Å². The SMILES string of the molecule is CC(=O)NCCNC(=O)C(=O)N(C)c1ccccc1. The third-order valence-corrected chi connectivity index (χ3v) is 2.43. The van der Waals surface area contributed by atoms with Crippen LogP contribution in [0, 0.1) is 0 Å². The molecule has 0 bridgehead atoms. The Labute approximate surface area is 111 Å². The Balaban J connectivity index is 2.44. The minimum Gasteiger partial charge on any atom is -0.355 e. The van der Waals surface area contributed by atoms with E-state index in [9.17, 15) is 14.4 Å². The largest absolute Gasteiger partial charge is 0.355 e. The lowest BCUT2D eigenvalue weighted by Crippen LogP contribution is -2.43. The van der Waals surface area contributed by atoms with Crippen molar-refractivity contribution in [3.05, 3.63) is 30.3 Å². The van der Waals surface area contributed by atoms with Crippen molar-refractivity contribution in [1.82, 2.24) is 10.6 Å². The number of benzene rings is 1. The van der Waals surface area contributed by atoms with Crippen LogP contribution < -0.4 is 15.5 Å². The molecule has 6 nitrogen and oxygen atoms in total. The molecule has 0 heterocycles. The average molecular weight is 263 g/mol. The van der Waals surface area contributed by atoms with Gasteiger partial charge in [0.15, 0.2) is 0 Å². The third kappa shape index (κ3) is 4.79. The predicted molar refractivity (Wildman–Crippen MR) is 71.5 cm³/mol. The number of nitrogens with zero attached hydrogens (tertiary/aromatic N) is 1. The van der Waals surface area contributed by atoms with Crippen molar-refractivity contribution in [3.63, 3.8) is 0 Å². The third-order valence-electron chi connectivity index (χ3n) is 2.43. The molecule has 3 amide bonds. The second-order valence-corrected chi connectivity index (χ2v) is 3.94. The Bertz CT molecular complexity index is 459. The number of nitrogens with one attached hydrogen (secondary N) is 2. The Morgan fingerprint density at radius 1 is 1.05 bits per heavy atom. The molecular formula is C13H17N3O3. The van der Waals surface area contributed by atoms with E-state index in [1.807, 2.05) is 6.07 Å². The number of anilines is 1.